The van der Waals surface area contributed by atoms with Crippen molar-refractivity contribution in [3.63, 3.8) is 0 Å². The summed E-state index contributed by atoms with van der Waals surface area (Å²) in [4.78, 5) is 53.8. The van der Waals surface area contributed by atoms with Gasteiger partial charge in [0.15, 0.2) is 0 Å². The van der Waals surface area contributed by atoms with Gasteiger partial charge in [0.25, 0.3) is 5.69 Å². The largest absolute Gasteiger partial charge is 0.494 e. The van der Waals surface area contributed by atoms with Crippen molar-refractivity contribution in [1.29, 1.82) is 0 Å². The SMILES string of the molecule is COc1cc([N+](=O)[O-])ccc1N1C(=O)[C@@H]2C3c4ccccc4C(/C=N\NC(=O)Cc4ccc(Cl)cc4)(c4ccccc43)[C@@H]2C1=O. The Balaban J connectivity index is 1.35. The number of hydrogen-bond acceptors (Lipinski definition) is 7. The predicted octanol–water partition coefficient (Wildman–Crippen LogP) is 5.15. The number of rotatable bonds is 7. The van der Waals surface area contributed by atoms with Crippen LogP contribution in [0.3, 0.4) is 0 Å². The molecule has 0 radical (unpaired) electrons. The lowest BCUT2D eigenvalue weighted by Crippen LogP contribution is -2.54. The lowest BCUT2D eigenvalue weighted by Gasteiger charge is -2.52. The van der Waals surface area contributed by atoms with Crippen LogP contribution in [0.25, 0.3) is 0 Å². The topological polar surface area (TPSA) is 131 Å². The molecule has 45 heavy (non-hydrogen) atoms. The Labute approximate surface area is 262 Å². The molecular weight excluding hydrogens is 596 g/mol. The van der Waals surface area contributed by atoms with E-state index in [0.29, 0.717) is 5.02 Å². The quantitative estimate of drug-likeness (QED) is 0.132. The number of ether oxygens (including phenoxy) is 1. The second-order valence-corrected chi connectivity index (χ2v) is 11.7. The van der Waals surface area contributed by atoms with Gasteiger partial charge in [0.2, 0.25) is 17.7 Å². The number of amides is 3. The molecule has 1 heterocycles. The number of carbonyl (C=O) groups is 3. The number of nitro benzene ring substituents is 1. The fourth-order valence-electron chi connectivity index (χ4n) is 7.29. The van der Waals surface area contributed by atoms with Gasteiger partial charge in [-0.2, -0.15) is 5.10 Å². The monoisotopic (exact) mass is 620 g/mol. The summed E-state index contributed by atoms with van der Waals surface area (Å²) < 4.78 is 5.43. The summed E-state index contributed by atoms with van der Waals surface area (Å²) in [7, 11) is 1.33. The molecule has 2 atom stereocenters. The van der Waals surface area contributed by atoms with Gasteiger partial charge in [0, 0.05) is 23.2 Å². The number of nitro groups is 1. The van der Waals surface area contributed by atoms with E-state index in [1.807, 2.05) is 48.5 Å². The molecule has 10 nitrogen and oxygen atoms in total. The Bertz CT molecular complexity index is 1890. The summed E-state index contributed by atoms with van der Waals surface area (Å²) in [6.45, 7) is 0. The van der Waals surface area contributed by atoms with Crippen LogP contribution in [0.2, 0.25) is 5.02 Å². The van der Waals surface area contributed by atoms with Crippen LogP contribution in [0.1, 0.15) is 33.7 Å². The fraction of sp³-hybridized carbons (Fsp3) is 0.176. The first kappa shape index (κ1) is 28.4. The van der Waals surface area contributed by atoms with Gasteiger partial charge in [-0.3, -0.25) is 24.5 Å². The zero-order chi connectivity index (χ0) is 31.5. The molecule has 8 rings (SSSR count). The summed E-state index contributed by atoms with van der Waals surface area (Å²) >= 11 is 5.97. The van der Waals surface area contributed by atoms with Crippen molar-refractivity contribution in [3.8, 4) is 5.75 Å². The molecule has 0 aromatic heterocycles. The van der Waals surface area contributed by atoms with Crippen molar-refractivity contribution >= 4 is 46.9 Å². The third-order valence-electron chi connectivity index (χ3n) is 9.03. The van der Waals surface area contributed by atoms with E-state index in [2.05, 4.69) is 10.5 Å². The number of hydrogen-bond donors (Lipinski definition) is 1. The highest BCUT2D eigenvalue weighted by Gasteiger charge is 2.68. The molecule has 3 amide bonds. The van der Waals surface area contributed by atoms with Gasteiger partial charge >= 0.3 is 0 Å². The minimum absolute atomic E-state index is 0.0316. The highest BCUT2D eigenvalue weighted by Crippen LogP contribution is 2.64. The molecule has 0 spiro atoms. The summed E-state index contributed by atoms with van der Waals surface area (Å²) in [5, 5.41) is 16.4. The van der Waals surface area contributed by atoms with Crippen molar-refractivity contribution < 1.29 is 24.0 Å². The average Bonchev–Trinajstić information content (AvgIpc) is 3.32. The fourth-order valence-corrected chi connectivity index (χ4v) is 7.41. The van der Waals surface area contributed by atoms with Crippen molar-refractivity contribution in [2.75, 3.05) is 12.0 Å². The van der Waals surface area contributed by atoms with E-state index in [1.165, 1.54) is 25.3 Å². The summed E-state index contributed by atoms with van der Waals surface area (Å²) in [5.74, 6) is -3.36. The zero-order valence-corrected chi connectivity index (χ0v) is 24.6. The van der Waals surface area contributed by atoms with E-state index in [-0.39, 0.29) is 29.5 Å². The number of nitrogens with zero attached hydrogens (tertiary/aromatic N) is 3. The van der Waals surface area contributed by atoms with Crippen molar-refractivity contribution in [3.05, 3.63) is 134 Å². The standard InChI is InChI=1S/C34H25ClN4O6/c1-45-27-17-21(39(43)44)14-15-26(27)38-32(41)30-29-22-6-2-4-8-24(22)34(31(30)33(38)42,25-9-5-3-7-23(25)29)18-36-37-28(40)16-19-10-12-20(35)13-11-19/h2-15,17-18,29-31H,16H2,1H3,(H,37,40)/b36-18-/t29?,30-,31+,34?/m1/s1. The molecular formula is C34H25ClN4O6. The van der Waals surface area contributed by atoms with Crippen molar-refractivity contribution in [1.82, 2.24) is 5.43 Å². The van der Waals surface area contributed by atoms with E-state index in [0.717, 1.165) is 32.7 Å². The molecule has 4 aliphatic rings. The van der Waals surface area contributed by atoms with E-state index in [9.17, 15) is 24.5 Å². The number of anilines is 1. The van der Waals surface area contributed by atoms with E-state index < -0.39 is 39.9 Å². The molecule has 1 fully saturated rings. The predicted molar refractivity (Wildman–Crippen MR) is 166 cm³/mol. The van der Waals surface area contributed by atoms with Gasteiger partial charge < -0.3 is 4.74 Å². The van der Waals surface area contributed by atoms with Gasteiger partial charge in [-0.15, -0.1) is 0 Å². The maximum absolute atomic E-state index is 14.6. The van der Waals surface area contributed by atoms with Crippen molar-refractivity contribution in [2.45, 2.75) is 17.8 Å². The number of methoxy groups -OCH3 is 1. The Morgan fingerprint density at radius 2 is 1.64 bits per heavy atom. The third kappa shape index (κ3) is 4.24. The Kier molecular flexibility index (Phi) is 6.74. The van der Waals surface area contributed by atoms with Crippen LogP contribution >= 0.6 is 11.6 Å². The normalized spacial score (nSPS) is 22.6. The van der Waals surface area contributed by atoms with Gasteiger partial charge in [0.05, 0.1) is 47.5 Å². The van der Waals surface area contributed by atoms with Crippen molar-refractivity contribution in [2.24, 2.45) is 16.9 Å². The van der Waals surface area contributed by atoms with E-state index in [4.69, 9.17) is 16.3 Å². The first-order chi connectivity index (χ1) is 21.8. The molecule has 1 aliphatic heterocycles. The lowest BCUT2D eigenvalue weighted by atomic mass is 9.47. The number of carbonyl (C=O) groups excluding carboxylic acids is 3. The third-order valence-corrected chi connectivity index (χ3v) is 9.29. The smallest absolute Gasteiger partial charge is 0.273 e. The van der Waals surface area contributed by atoms with E-state index >= 15 is 0 Å². The Hall–Kier alpha value is -5.35. The highest BCUT2D eigenvalue weighted by molar-refractivity contribution is 6.30. The summed E-state index contributed by atoms with van der Waals surface area (Å²) in [6.07, 6.45) is 1.65. The molecule has 3 aliphatic carbocycles. The summed E-state index contributed by atoms with van der Waals surface area (Å²) in [5.41, 5.74) is 5.51. The lowest BCUT2D eigenvalue weighted by molar-refractivity contribution is -0.384. The molecule has 4 aromatic rings. The molecule has 2 bridgehead atoms. The minimum Gasteiger partial charge on any atom is -0.494 e. The van der Waals surface area contributed by atoms with Crippen LogP contribution in [0.5, 0.6) is 5.75 Å². The molecule has 0 unspecified atom stereocenters. The van der Waals surface area contributed by atoms with Gasteiger partial charge in [-0.1, -0.05) is 72.3 Å². The number of imide groups is 1. The van der Waals surface area contributed by atoms with Crippen LogP contribution in [-0.2, 0) is 26.2 Å². The average molecular weight is 621 g/mol. The molecule has 1 saturated heterocycles. The van der Waals surface area contributed by atoms with E-state index in [1.54, 1.807) is 30.5 Å². The molecule has 1 N–H and O–H groups in total. The molecule has 0 saturated carbocycles. The summed E-state index contributed by atoms with van der Waals surface area (Å²) in [6, 6.07) is 26.1. The maximum atomic E-state index is 14.6. The Morgan fingerprint density at radius 3 is 2.27 bits per heavy atom. The van der Waals surface area contributed by atoms with Crippen LogP contribution in [0.4, 0.5) is 11.4 Å². The number of hydrazone groups is 1. The van der Waals surface area contributed by atoms with Crippen LogP contribution in [0.15, 0.2) is 96.1 Å². The molecule has 11 heteroatoms. The number of benzene rings is 4. The van der Waals surface area contributed by atoms with Crippen LogP contribution < -0.4 is 15.1 Å². The van der Waals surface area contributed by atoms with Gasteiger partial charge in [-0.05, 0) is 46.0 Å². The number of non-ortho nitro benzene ring substituents is 1. The van der Waals surface area contributed by atoms with Gasteiger partial charge in [-0.25, -0.2) is 10.3 Å². The second kappa shape index (κ2) is 10.7. The first-order valence-electron chi connectivity index (χ1n) is 14.2. The number of halogens is 1. The second-order valence-electron chi connectivity index (χ2n) is 11.2. The highest BCUT2D eigenvalue weighted by atomic mass is 35.5. The maximum Gasteiger partial charge on any atom is 0.273 e. The molecule has 224 valence electrons. The van der Waals surface area contributed by atoms with Crippen LogP contribution in [-0.4, -0.2) is 36.0 Å². The minimum atomic E-state index is -1.20. The number of nitrogens with one attached hydrogen (secondary N) is 1. The Morgan fingerprint density at radius 1 is 1.00 bits per heavy atom. The molecule has 4 aromatic carbocycles. The van der Waals surface area contributed by atoms with Gasteiger partial charge in [0.1, 0.15) is 5.75 Å². The van der Waals surface area contributed by atoms with Crippen LogP contribution in [0, 0.1) is 22.0 Å². The first-order valence-corrected chi connectivity index (χ1v) is 14.6. The zero-order valence-electron chi connectivity index (χ0n) is 23.8.